The molecule has 2 amide bonds. The number of urea groups is 1. The molecule has 7 heteroatoms. The normalized spacial score (nSPS) is 18.9. The lowest BCUT2D eigenvalue weighted by molar-refractivity contribution is -0.384. The summed E-state index contributed by atoms with van der Waals surface area (Å²) < 4.78 is 0. The van der Waals surface area contributed by atoms with E-state index in [4.69, 9.17) is 0 Å². The lowest BCUT2D eigenvalue weighted by Gasteiger charge is -2.34. The van der Waals surface area contributed by atoms with Crippen LogP contribution in [0.15, 0.2) is 48.5 Å². The molecule has 2 aromatic carbocycles. The number of nitro benzene ring substituents is 1. The zero-order valence-electron chi connectivity index (χ0n) is 13.6. The van der Waals surface area contributed by atoms with Crippen LogP contribution in [0.4, 0.5) is 16.2 Å². The fraction of sp³-hybridized carbons (Fsp3) is 0.278. The highest BCUT2D eigenvalue weighted by molar-refractivity contribution is 5.89. The van der Waals surface area contributed by atoms with E-state index in [9.17, 15) is 20.0 Å². The highest BCUT2D eigenvalue weighted by Crippen LogP contribution is 2.34. The van der Waals surface area contributed by atoms with E-state index in [2.05, 4.69) is 10.6 Å². The average Bonchev–Trinajstić information content (AvgIpc) is 2.61. The van der Waals surface area contributed by atoms with Gasteiger partial charge >= 0.3 is 6.03 Å². The van der Waals surface area contributed by atoms with Crippen LogP contribution in [0.25, 0.3) is 0 Å². The molecule has 0 aliphatic heterocycles. The number of fused-ring (bicyclic) bond motifs is 1. The van der Waals surface area contributed by atoms with Crippen molar-refractivity contribution in [3.63, 3.8) is 0 Å². The number of rotatable bonds is 4. The monoisotopic (exact) mass is 341 g/mol. The molecule has 0 fully saturated rings. The highest BCUT2D eigenvalue weighted by Gasteiger charge is 2.34. The zero-order chi connectivity index (χ0) is 17.9. The zero-order valence-corrected chi connectivity index (χ0v) is 13.6. The Labute approximate surface area is 144 Å². The summed E-state index contributed by atoms with van der Waals surface area (Å²) in [6.07, 6.45) is 2.37. The third-order valence-electron chi connectivity index (χ3n) is 4.43. The largest absolute Gasteiger partial charge is 0.383 e. The Bertz CT molecular complexity index is 791. The van der Waals surface area contributed by atoms with Crippen molar-refractivity contribution in [2.24, 2.45) is 0 Å². The van der Waals surface area contributed by atoms with Crippen molar-refractivity contribution in [2.45, 2.75) is 24.9 Å². The molecule has 0 radical (unpaired) electrons. The maximum atomic E-state index is 12.1. The number of non-ortho nitro benzene ring substituents is 1. The minimum atomic E-state index is -1.08. The molecule has 1 atom stereocenters. The first-order valence-corrected chi connectivity index (χ1v) is 8.08. The third kappa shape index (κ3) is 3.77. The first-order valence-electron chi connectivity index (χ1n) is 8.08. The molecule has 0 spiro atoms. The summed E-state index contributed by atoms with van der Waals surface area (Å²) in [5.74, 6) is 0. The van der Waals surface area contributed by atoms with Crippen LogP contribution in [0.5, 0.6) is 0 Å². The van der Waals surface area contributed by atoms with E-state index >= 15 is 0 Å². The number of aryl methyl sites for hydroxylation is 1. The number of carbonyl (C=O) groups is 1. The Hall–Kier alpha value is -2.93. The van der Waals surface area contributed by atoms with E-state index in [0.717, 1.165) is 24.0 Å². The van der Waals surface area contributed by atoms with Crippen LogP contribution in [0.2, 0.25) is 0 Å². The molecule has 1 unspecified atom stereocenters. The van der Waals surface area contributed by atoms with Crippen LogP contribution >= 0.6 is 0 Å². The SMILES string of the molecule is O=C(NCC1(O)CCCc2ccccc21)Nc1ccc([N+](=O)[O-])cc1. The smallest absolute Gasteiger partial charge is 0.319 e. The second-order valence-electron chi connectivity index (χ2n) is 6.15. The second-order valence-corrected chi connectivity index (χ2v) is 6.15. The topological polar surface area (TPSA) is 104 Å². The lowest BCUT2D eigenvalue weighted by Crippen LogP contribution is -2.44. The predicted molar refractivity (Wildman–Crippen MR) is 93.4 cm³/mol. The van der Waals surface area contributed by atoms with Crippen LogP contribution in [-0.4, -0.2) is 22.6 Å². The molecule has 0 heterocycles. The Balaban J connectivity index is 1.62. The standard InChI is InChI=1S/C18H19N3O4/c22-17(20-14-7-9-15(10-8-14)21(24)25)19-12-18(23)11-3-5-13-4-1-2-6-16(13)18/h1-2,4,6-10,23H,3,5,11-12H2,(H2,19,20,22). The molecule has 1 aliphatic rings. The van der Waals surface area contributed by atoms with Crippen molar-refractivity contribution in [1.29, 1.82) is 0 Å². The maximum Gasteiger partial charge on any atom is 0.319 e. The molecule has 1 aliphatic carbocycles. The van der Waals surface area contributed by atoms with Crippen LogP contribution in [0, 0.1) is 10.1 Å². The fourth-order valence-electron chi connectivity index (χ4n) is 3.15. The molecule has 130 valence electrons. The van der Waals surface area contributed by atoms with Gasteiger partial charge in [0.2, 0.25) is 0 Å². The summed E-state index contributed by atoms with van der Waals surface area (Å²) in [5, 5.41) is 26.8. The fourth-order valence-corrected chi connectivity index (χ4v) is 3.15. The van der Waals surface area contributed by atoms with Gasteiger partial charge in [0, 0.05) is 17.8 Å². The van der Waals surface area contributed by atoms with E-state index in [1.54, 1.807) is 0 Å². The summed E-state index contributed by atoms with van der Waals surface area (Å²) in [6.45, 7) is 0.100. The van der Waals surface area contributed by atoms with Gasteiger partial charge in [-0.3, -0.25) is 10.1 Å². The lowest BCUT2D eigenvalue weighted by atomic mass is 9.79. The molecule has 3 N–H and O–H groups in total. The van der Waals surface area contributed by atoms with Crippen LogP contribution in [0.1, 0.15) is 24.0 Å². The summed E-state index contributed by atoms with van der Waals surface area (Å²) >= 11 is 0. The predicted octanol–water partition coefficient (Wildman–Crippen LogP) is 2.94. The number of hydrogen-bond acceptors (Lipinski definition) is 4. The number of benzene rings is 2. The van der Waals surface area contributed by atoms with Crippen LogP contribution in [-0.2, 0) is 12.0 Å². The molecule has 3 rings (SSSR count). The van der Waals surface area contributed by atoms with Gasteiger partial charge in [-0.05, 0) is 42.5 Å². The second kappa shape index (κ2) is 6.90. The van der Waals surface area contributed by atoms with Gasteiger partial charge in [-0.25, -0.2) is 4.79 Å². The summed E-state index contributed by atoms with van der Waals surface area (Å²) in [7, 11) is 0. The number of nitro groups is 1. The maximum absolute atomic E-state index is 12.1. The highest BCUT2D eigenvalue weighted by atomic mass is 16.6. The van der Waals surface area contributed by atoms with E-state index in [0.29, 0.717) is 12.1 Å². The number of anilines is 1. The van der Waals surface area contributed by atoms with Gasteiger partial charge in [-0.15, -0.1) is 0 Å². The van der Waals surface area contributed by atoms with Crippen molar-refractivity contribution in [1.82, 2.24) is 5.32 Å². The van der Waals surface area contributed by atoms with E-state index < -0.39 is 16.6 Å². The van der Waals surface area contributed by atoms with Crippen molar-refractivity contribution in [3.05, 3.63) is 69.8 Å². The summed E-state index contributed by atoms with van der Waals surface area (Å²) in [5.41, 5.74) is 1.28. The minimum absolute atomic E-state index is 0.0425. The van der Waals surface area contributed by atoms with Gasteiger partial charge < -0.3 is 15.7 Å². The van der Waals surface area contributed by atoms with Gasteiger partial charge in [0.1, 0.15) is 5.60 Å². The van der Waals surface area contributed by atoms with Crippen molar-refractivity contribution in [2.75, 3.05) is 11.9 Å². The number of hydrogen-bond donors (Lipinski definition) is 3. The molecule has 0 aromatic heterocycles. The van der Waals surface area contributed by atoms with E-state index in [-0.39, 0.29) is 12.2 Å². The quantitative estimate of drug-likeness (QED) is 0.587. The van der Waals surface area contributed by atoms with Gasteiger partial charge in [0.25, 0.3) is 5.69 Å². The van der Waals surface area contributed by atoms with Crippen LogP contribution in [0.3, 0.4) is 0 Å². The molecular formula is C18H19N3O4. The number of nitrogens with zero attached hydrogens (tertiary/aromatic N) is 1. The molecule has 25 heavy (non-hydrogen) atoms. The number of nitrogens with one attached hydrogen (secondary N) is 2. The Morgan fingerprint density at radius 1 is 1.20 bits per heavy atom. The Morgan fingerprint density at radius 2 is 1.92 bits per heavy atom. The van der Waals surface area contributed by atoms with E-state index in [1.807, 2.05) is 24.3 Å². The minimum Gasteiger partial charge on any atom is -0.383 e. The molecule has 7 nitrogen and oxygen atoms in total. The molecule has 2 aromatic rings. The summed E-state index contributed by atoms with van der Waals surface area (Å²) in [4.78, 5) is 22.2. The van der Waals surface area contributed by atoms with E-state index in [1.165, 1.54) is 24.3 Å². The number of aliphatic hydroxyl groups is 1. The van der Waals surface area contributed by atoms with Crippen LogP contribution < -0.4 is 10.6 Å². The molecular weight excluding hydrogens is 322 g/mol. The van der Waals surface area contributed by atoms with Gasteiger partial charge in [-0.2, -0.15) is 0 Å². The molecule has 0 bridgehead atoms. The molecule has 0 saturated carbocycles. The van der Waals surface area contributed by atoms with Gasteiger partial charge in [0.05, 0.1) is 11.5 Å². The first kappa shape index (κ1) is 16.9. The van der Waals surface area contributed by atoms with Crippen molar-refractivity contribution in [3.8, 4) is 0 Å². The Morgan fingerprint density at radius 3 is 2.64 bits per heavy atom. The van der Waals surface area contributed by atoms with Crippen molar-refractivity contribution < 1.29 is 14.8 Å². The number of amides is 2. The third-order valence-corrected chi connectivity index (χ3v) is 4.43. The van der Waals surface area contributed by atoms with Crippen molar-refractivity contribution >= 4 is 17.4 Å². The number of carbonyl (C=O) groups excluding carboxylic acids is 1. The first-order chi connectivity index (χ1) is 12.0. The summed E-state index contributed by atoms with van der Waals surface area (Å²) in [6, 6.07) is 12.8. The average molecular weight is 341 g/mol. The Kier molecular flexibility index (Phi) is 4.67. The van der Waals surface area contributed by atoms with Gasteiger partial charge in [0.15, 0.2) is 0 Å². The van der Waals surface area contributed by atoms with Gasteiger partial charge in [-0.1, -0.05) is 24.3 Å². The molecule has 0 saturated heterocycles.